The van der Waals surface area contributed by atoms with Gasteiger partial charge in [-0.3, -0.25) is 14.4 Å². The van der Waals surface area contributed by atoms with E-state index in [4.69, 9.17) is 14.2 Å². The molecule has 0 aromatic carbocycles. The van der Waals surface area contributed by atoms with E-state index in [0.29, 0.717) is 18.4 Å². The van der Waals surface area contributed by atoms with Crippen LogP contribution in [0.5, 0.6) is 0 Å². The second-order valence-electron chi connectivity index (χ2n) is 11.9. The quantitative estimate of drug-likeness (QED) is 0.303. The van der Waals surface area contributed by atoms with Gasteiger partial charge in [-0.25, -0.2) is 0 Å². The van der Waals surface area contributed by atoms with Crippen LogP contribution in [0.15, 0.2) is 12.2 Å². The Morgan fingerprint density at radius 3 is 2.00 bits per heavy atom. The van der Waals surface area contributed by atoms with Gasteiger partial charge in [0.15, 0.2) is 0 Å². The molecule has 0 aromatic rings. The molecular formula is C26H38O9. The van der Waals surface area contributed by atoms with Crippen molar-refractivity contribution in [2.75, 3.05) is 0 Å². The number of ether oxygens (including phenoxy) is 3. The molecule has 9 nitrogen and oxygen atoms in total. The lowest BCUT2D eigenvalue weighted by atomic mass is 9.37. The lowest BCUT2D eigenvalue weighted by Gasteiger charge is -2.70. The molecule has 0 aliphatic heterocycles. The third-order valence-corrected chi connectivity index (χ3v) is 9.68. The molecule has 0 aromatic heterocycles. The van der Waals surface area contributed by atoms with Crippen LogP contribution in [-0.4, -0.2) is 69.9 Å². The maximum Gasteiger partial charge on any atom is 0.303 e. The fraction of sp³-hybridized carbons (Fsp3) is 0.808. The number of carbonyl (C=O) groups is 3. The standard InChI is InChI=1S/C26H38O9/c1-11-15-8-16(33-12(2)27)20-25(7)18(34-13(3)28)9-17(30)24(5,6)21(25)19(31)23(35-14(4)29)26(20,10-15)22(11)32/h15-23,30-32H,1,8-10H2,2-7H3/t15-,16-,17-,18-,19+,20-,21+,22+,23-,25-,26+/m0/s1. The summed E-state index contributed by atoms with van der Waals surface area (Å²) in [4.78, 5) is 36.7. The van der Waals surface area contributed by atoms with Crippen molar-refractivity contribution in [2.24, 2.45) is 34.0 Å². The normalized spacial score (nSPS) is 47.8. The van der Waals surface area contributed by atoms with Crippen LogP contribution in [0, 0.1) is 34.0 Å². The minimum absolute atomic E-state index is 0.115. The van der Waals surface area contributed by atoms with E-state index in [1.54, 1.807) is 0 Å². The first kappa shape index (κ1) is 26.1. The van der Waals surface area contributed by atoms with E-state index in [9.17, 15) is 29.7 Å². The Labute approximate surface area is 205 Å². The Bertz CT molecular complexity index is 943. The van der Waals surface area contributed by atoms with Crippen LogP contribution in [0.3, 0.4) is 0 Å². The summed E-state index contributed by atoms with van der Waals surface area (Å²) in [5, 5.41) is 34.7. The van der Waals surface area contributed by atoms with Crippen LogP contribution >= 0.6 is 0 Å². The third-order valence-electron chi connectivity index (χ3n) is 9.68. The second-order valence-corrected chi connectivity index (χ2v) is 11.9. The number of aliphatic hydroxyl groups excluding tert-OH is 3. The van der Waals surface area contributed by atoms with Gasteiger partial charge in [0, 0.05) is 49.9 Å². The molecule has 4 fully saturated rings. The highest BCUT2D eigenvalue weighted by atomic mass is 16.6. The maximum absolute atomic E-state index is 12.3. The molecule has 4 aliphatic rings. The van der Waals surface area contributed by atoms with E-state index in [-0.39, 0.29) is 12.3 Å². The van der Waals surface area contributed by atoms with E-state index >= 15 is 0 Å². The summed E-state index contributed by atoms with van der Waals surface area (Å²) in [5.74, 6) is -3.24. The zero-order valence-electron chi connectivity index (χ0n) is 21.3. The molecule has 0 unspecified atom stereocenters. The number of rotatable bonds is 3. The second kappa shape index (κ2) is 8.28. The summed E-state index contributed by atoms with van der Waals surface area (Å²) < 4.78 is 17.4. The molecule has 0 saturated heterocycles. The van der Waals surface area contributed by atoms with Crippen LogP contribution in [0.1, 0.15) is 60.8 Å². The summed E-state index contributed by atoms with van der Waals surface area (Å²) in [7, 11) is 0. The van der Waals surface area contributed by atoms with Crippen LogP contribution in [0.2, 0.25) is 0 Å². The number of carbonyl (C=O) groups excluding carboxylic acids is 3. The van der Waals surface area contributed by atoms with Gasteiger partial charge in [-0.05, 0) is 29.7 Å². The van der Waals surface area contributed by atoms with Crippen molar-refractivity contribution in [3.63, 3.8) is 0 Å². The highest BCUT2D eigenvalue weighted by molar-refractivity contribution is 5.67. The molecule has 35 heavy (non-hydrogen) atoms. The van der Waals surface area contributed by atoms with Crippen molar-refractivity contribution >= 4 is 17.9 Å². The monoisotopic (exact) mass is 494 g/mol. The first-order valence-corrected chi connectivity index (χ1v) is 12.3. The van der Waals surface area contributed by atoms with E-state index in [0.717, 1.165) is 0 Å². The average Bonchev–Trinajstić information content (AvgIpc) is 2.90. The highest BCUT2D eigenvalue weighted by Crippen LogP contribution is 2.73. The number of aliphatic hydroxyl groups is 3. The van der Waals surface area contributed by atoms with Gasteiger partial charge >= 0.3 is 17.9 Å². The van der Waals surface area contributed by atoms with Crippen molar-refractivity contribution in [2.45, 2.75) is 97.4 Å². The van der Waals surface area contributed by atoms with Crippen molar-refractivity contribution in [3.8, 4) is 0 Å². The highest BCUT2D eigenvalue weighted by Gasteiger charge is 2.79. The summed E-state index contributed by atoms with van der Waals surface area (Å²) in [6.07, 6.45) is -5.14. The summed E-state index contributed by atoms with van der Waals surface area (Å²) >= 11 is 0. The predicted octanol–water partition coefficient (Wildman–Crippen LogP) is 1.51. The zero-order valence-corrected chi connectivity index (χ0v) is 21.3. The van der Waals surface area contributed by atoms with Crippen LogP contribution in [0.4, 0.5) is 0 Å². The molecule has 4 rings (SSSR count). The van der Waals surface area contributed by atoms with Crippen molar-refractivity contribution in [1.82, 2.24) is 0 Å². The van der Waals surface area contributed by atoms with Crippen molar-refractivity contribution in [1.29, 1.82) is 0 Å². The van der Waals surface area contributed by atoms with Gasteiger partial charge in [-0.1, -0.05) is 27.4 Å². The molecule has 0 radical (unpaired) electrons. The van der Waals surface area contributed by atoms with Crippen LogP contribution < -0.4 is 0 Å². The van der Waals surface area contributed by atoms with Gasteiger partial charge in [-0.15, -0.1) is 0 Å². The minimum atomic E-state index is -1.29. The fourth-order valence-electron chi connectivity index (χ4n) is 8.69. The predicted molar refractivity (Wildman–Crippen MR) is 122 cm³/mol. The van der Waals surface area contributed by atoms with Crippen LogP contribution in [-0.2, 0) is 28.6 Å². The number of hydrogen-bond donors (Lipinski definition) is 3. The molecular weight excluding hydrogens is 456 g/mol. The molecule has 9 heteroatoms. The Balaban J connectivity index is 2.02. The SMILES string of the molecule is C=C1[C@H]2C[C@H](OC(C)=O)[C@H]3[C@]4(C)[C@@H](OC(C)=O)C[C@H](O)C(C)(C)[C@H]4[C@@H](O)[C@H](OC(C)=O)[C@@]3(C2)[C@@H]1O. The minimum Gasteiger partial charge on any atom is -0.462 e. The average molecular weight is 495 g/mol. The molecule has 196 valence electrons. The van der Waals surface area contributed by atoms with Gasteiger partial charge < -0.3 is 29.5 Å². The first-order valence-electron chi connectivity index (χ1n) is 12.3. The Morgan fingerprint density at radius 2 is 1.46 bits per heavy atom. The van der Waals surface area contributed by atoms with Crippen LogP contribution in [0.25, 0.3) is 0 Å². The van der Waals surface area contributed by atoms with Gasteiger partial charge in [0.05, 0.1) is 18.3 Å². The molecule has 0 heterocycles. The van der Waals surface area contributed by atoms with Gasteiger partial charge in [0.2, 0.25) is 0 Å². The van der Waals surface area contributed by atoms with E-state index in [2.05, 4.69) is 6.58 Å². The maximum atomic E-state index is 12.3. The van der Waals surface area contributed by atoms with Crippen molar-refractivity contribution in [3.05, 3.63) is 12.2 Å². The van der Waals surface area contributed by atoms with E-state index in [1.807, 2.05) is 20.8 Å². The topological polar surface area (TPSA) is 140 Å². The molecule has 4 aliphatic carbocycles. The molecule has 11 atom stereocenters. The van der Waals surface area contributed by atoms with Crippen molar-refractivity contribution < 1.29 is 43.9 Å². The van der Waals surface area contributed by atoms with Gasteiger partial charge in [0.1, 0.15) is 18.3 Å². The Hall–Kier alpha value is -1.97. The molecule has 4 saturated carbocycles. The Kier molecular flexibility index (Phi) is 6.18. The zero-order chi connectivity index (χ0) is 26.2. The number of fused-ring (bicyclic) bond motifs is 3. The van der Waals surface area contributed by atoms with E-state index < -0.39 is 82.6 Å². The molecule has 0 amide bonds. The third kappa shape index (κ3) is 3.49. The Morgan fingerprint density at radius 1 is 0.886 bits per heavy atom. The fourth-order valence-corrected chi connectivity index (χ4v) is 8.69. The lowest BCUT2D eigenvalue weighted by Crippen LogP contribution is -2.77. The lowest BCUT2D eigenvalue weighted by molar-refractivity contribution is -0.323. The number of esters is 3. The smallest absolute Gasteiger partial charge is 0.303 e. The summed E-state index contributed by atoms with van der Waals surface area (Å²) in [6.45, 7) is 13.5. The summed E-state index contributed by atoms with van der Waals surface area (Å²) in [5.41, 5.74) is -2.59. The first-order chi connectivity index (χ1) is 16.1. The molecule has 1 spiro atoms. The molecule has 2 bridgehead atoms. The number of hydrogen-bond acceptors (Lipinski definition) is 9. The van der Waals surface area contributed by atoms with E-state index in [1.165, 1.54) is 20.8 Å². The molecule has 3 N–H and O–H groups in total. The van der Waals surface area contributed by atoms with Gasteiger partial charge in [-0.2, -0.15) is 0 Å². The largest absolute Gasteiger partial charge is 0.462 e. The summed E-state index contributed by atoms with van der Waals surface area (Å²) in [6, 6.07) is 0. The van der Waals surface area contributed by atoms with Gasteiger partial charge in [0.25, 0.3) is 0 Å².